The van der Waals surface area contributed by atoms with Crippen LogP contribution < -0.4 is 24.6 Å². The molecule has 0 bridgehead atoms. The Labute approximate surface area is 359 Å². The summed E-state index contributed by atoms with van der Waals surface area (Å²) in [6.45, 7) is 8.53. The Morgan fingerprint density at radius 3 is 1.88 bits per heavy atom. The van der Waals surface area contributed by atoms with E-state index < -0.39 is 0 Å². The Balaban J connectivity index is 0.000000198. The maximum Gasteiger partial charge on any atom is 0.157 e. The van der Waals surface area contributed by atoms with Gasteiger partial charge in [-0.15, -0.1) is 0 Å². The van der Waals surface area contributed by atoms with Gasteiger partial charge in [0.05, 0.1) is 46.7 Å². The molecule has 3 atom stereocenters. The fourth-order valence-electron chi connectivity index (χ4n) is 8.01. The van der Waals surface area contributed by atoms with E-state index in [1.165, 1.54) is 16.7 Å². The molecule has 0 radical (unpaired) electrons. The third-order valence-corrected chi connectivity index (χ3v) is 11.5. The number of anilines is 2. The Bertz CT molecular complexity index is 1990. The zero-order valence-electron chi connectivity index (χ0n) is 33.6. The maximum absolute atomic E-state index is 8.84. The molecule has 9 nitrogen and oxygen atoms in total. The smallest absolute Gasteiger partial charge is 0.157 e. The number of halogens is 2. The highest BCUT2D eigenvalue weighted by atomic mass is 35.5. The quantitative estimate of drug-likeness (QED) is 0.107. The van der Waals surface area contributed by atoms with Crippen molar-refractivity contribution in [2.75, 3.05) is 82.1 Å². The molecule has 3 aliphatic rings. The summed E-state index contributed by atoms with van der Waals surface area (Å²) in [5.74, 6) is 1.44. The van der Waals surface area contributed by atoms with Crippen LogP contribution >= 0.6 is 23.2 Å². The Morgan fingerprint density at radius 1 is 0.661 bits per heavy atom. The van der Waals surface area contributed by atoms with Crippen molar-refractivity contribution in [2.24, 2.45) is 0 Å². The van der Waals surface area contributed by atoms with Crippen LogP contribution in [0.2, 0.25) is 10.0 Å². The molecule has 3 fully saturated rings. The molecule has 11 heteroatoms. The summed E-state index contributed by atoms with van der Waals surface area (Å²) < 4.78 is 22.7. The average molecular weight is 840 g/mol. The number of hydrogen-bond acceptors (Lipinski definition) is 9. The number of aliphatic hydroxyl groups is 1. The van der Waals surface area contributed by atoms with Gasteiger partial charge in [-0.3, -0.25) is 4.90 Å². The predicted molar refractivity (Wildman–Crippen MR) is 238 cm³/mol. The van der Waals surface area contributed by atoms with Gasteiger partial charge in [0.25, 0.3) is 0 Å². The van der Waals surface area contributed by atoms with Crippen LogP contribution in [0.1, 0.15) is 48.0 Å². The van der Waals surface area contributed by atoms with Gasteiger partial charge >= 0.3 is 0 Å². The van der Waals surface area contributed by atoms with E-state index in [0.29, 0.717) is 29.0 Å². The summed E-state index contributed by atoms with van der Waals surface area (Å²) in [6.07, 6.45) is 3.15. The van der Waals surface area contributed by atoms with Gasteiger partial charge in [-0.05, 0) is 60.2 Å². The molecule has 3 heterocycles. The van der Waals surface area contributed by atoms with E-state index in [9.17, 15) is 0 Å². The van der Waals surface area contributed by atoms with Crippen molar-refractivity contribution in [1.29, 1.82) is 0 Å². The van der Waals surface area contributed by atoms with E-state index in [-0.39, 0.29) is 31.6 Å². The monoisotopic (exact) mass is 838 g/mol. The summed E-state index contributed by atoms with van der Waals surface area (Å²) in [5, 5.41) is 13.7. The highest BCUT2D eigenvalue weighted by molar-refractivity contribution is 6.33. The minimum atomic E-state index is -0.0937. The van der Waals surface area contributed by atoms with Crippen LogP contribution in [-0.2, 0) is 16.0 Å². The number of rotatable bonds is 14. The molecule has 0 saturated carbocycles. The highest BCUT2D eigenvalue weighted by Gasteiger charge is 2.30. The van der Waals surface area contributed by atoms with Gasteiger partial charge in [0.15, 0.2) is 6.29 Å². The van der Waals surface area contributed by atoms with Gasteiger partial charge in [-0.2, -0.15) is 0 Å². The summed E-state index contributed by atoms with van der Waals surface area (Å²) >= 11 is 13.3. The first-order valence-electron chi connectivity index (χ1n) is 20.8. The second kappa shape index (κ2) is 22.3. The minimum absolute atomic E-state index is 0.00670. The first-order chi connectivity index (χ1) is 29.1. The van der Waals surface area contributed by atoms with E-state index in [0.717, 1.165) is 88.8 Å². The highest BCUT2D eigenvalue weighted by Crippen LogP contribution is 2.38. The molecule has 0 aromatic heterocycles. The topological polar surface area (TPSA) is 78.9 Å². The number of hydrogen-bond donors (Lipinski definition) is 2. The van der Waals surface area contributed by atoms with Gasteiger partial charge in [0, 0.05) is 64.6 Å². The third kappa shape index (κ3) is 12.1. The number of nitrogens with one attached hydrogen (secondary N) is 1. The van der Waals surface area contributed by atoms with Crippen LogP contribution in [-0.4, -0.2) is 88.6 Å². The standard InChI is InChI=1S/C30H35ClN2O3.C18H21ClN2O2/c31-27-21-26(34-19-20-36-30-13-7-8-18-35-30)14-15-28(27)33-17-16-32(22-24-9-3-1-4-10-24)23-29(33)25-11-5-2-6-12-25;19-16-12-15(23-11-10-22)6-7-17(16)21-9-8-20-13-18(21)14-4-2-1-3-5-14/h1-6,9-12,14-15,21,29-30H,7-8,13,16-20,22-23H2;1-7,12,18,20,22H,8-11,13H2/t29-,30?;18-/m00/s1. The molecule has 0 amide bonds. The van der Waals surface area contributed by atoms with Gasteiger partial charge in [0.2, 0.25) is 0 Å². The lowest BCUT2D eigenvalue weighted by atomic mass is 10.0. The van der Waals surface area contributed by atoms with Crippen molar-refractivity contribution in [3.8, 4) is 11.5 Å². The first-order valence-corrected chi connectivity index (χ1v) is 21.6. The van der Waals surface area contributed by atoms with Crippen LogP contribution in [0.4, 0.5) is 11.4 Å². The minimum Gasteiger partial charge on any atom is -0.491 e. The largest absolute Gasteiger partial charge is 0.491 e. The molecule has 0 spiro atoms. The van der Waals surface area contributed by atoms with E-state index in [4.69, 9.17) is 47.3 Å². The average Bonchev–Trinajstić information content (AvgIpc) is 3.29. The summed E-state index contributed by atoms with van der Waals surface area (Å²) in [5.41, 5.74) is 5.98. The molecular weight excluding hydrogens is 783 g/mol. The molecule has 0 aliphatic carbocycles. The molecule has 59 heavy (non-hydrogen) atoms. The van der Waals surface area contributed by atoms with E-state index >= 15 is 0 Å². The van der Waals surface area contributed by atoms with Gasteiger partial charge in [0.1, 0.15) is 24.7 Å². The molecule has 3 saturated heterocycles. The zero-order valence-corrected chi connectivity index (χ0v) is 35.2. The van der Waals surface area contributed by atoms with Crippen molar-refractivity contribution in [1.82, 2.24) is 10.2 Å². The molecule has 1 unspecified atom stereocenters. The number of aliphatic hydroxyl groups excluding tert-OH is 1. The second-order valence-corrected chi connectivity index (χ2v) is 15.8. The SMILES string of the molecule is Clc1cc(OCCOC2CCCCO2)ccc1N1CCN(Cc2ccccc2)C[C@H]1c1ccccc1.OCCOc1ccc(N2CCNC[C@H]2c2ccccc2)c(Cl)c1. The molecule has 5 aromatic rings. The van der Waals surface area contributed by atoms with E-state index in [1.54, 1.807) is 0 Å². The lowest BCUT2D eigenvalue weighted by Gasteiger charge is -2.43. The Hall–Kier alpha value is -4.32. The normalized spacial score (nSPS) is 19.7. The number of benzene rings is 5. The van der Waals surface area contributed by atoms with Crippen molar-refractivity contribution in [3.63, 3.8) is 0 Å². The molecule has 8 rings (SSSR count). The maximum atomic E-state index is 8.84. The fourth-order valence-corrected chi connectivity index (χ4v) is 8.56. The Kier molecular flexibility index (Phi) is 16.2. The number of ether oxygens (including phenoxy) is 4. The van der Waals surface area contributed by atoms with E-state index in [2.05, 4.69) is 111 Å². The molecule has 2 N–H and O–H groups in total. The predicted octanol–water partition coefficient (Wildman–Crippen LogP) is 9.19. The molecule has 5 aromatic carbocycles. The first kappa shape index (κ1) is 42.8. The van der Waals surface area contributed by atoms with Crippen LogP contribution in [0.15, 0.2) is 127 Å². The molecule has 312 valence electrons. The van der Waals surface area contributed by atoms with Gasteiger partial charge in [-0.25, -0.2) is 0 Å². The lowest BCUT2D eigenvalue weighted by molar-refractivity contribution is -0.165. The van der Waals surface area contributed by atoms with Crippen LogP contribution in [0.5, 0.6) is 11.5 Å². The number of nitrogens with zero attached hydrogens (tertiary/aromatic N) is 3. The van der Waals surface area contributed by atoms with Gasteiger partial charge in [-0.1, -0.05) is 114 Å². The summed E-state index contributed by atoms with van der Waals surface area (Å²) in [4.78, 5) is 7.31. The zero-order chi connectivity index (χ0) is 40.7. The van der Waals surface area contributed by atoms with Gasteiger partial charge < -0.3 is 39.2 Å². The number of piperazine rings is 2. The molecule has 3 aliphatic heterocycles. The fraction of sp³-hybridized carbons (Fsp3) is 0.375. The van der Waals surface area contributed by atoms with Crippen LogP contribution in [0.25, 0.3) is 0 Å². The van der Waals surface area contributed by atoms with E-state index in [1.807, 2.05) is 36.4 Å². The Morgan fingerprint density at radius 2 is 1.27 bits per heavy atom. The van der Waals surface area contributed by atoms with Crippen molar-refractivity contribution < 1.29 is 24.1 Å². The third-order valence-electron chi connectivity index (χ3n) is 10.9. The van der Waals surface area contributed by atoms with Crippen molar-refractivity contribution in [3.05, 3.63) is 154 Å². The lowest BCUT2D eigenvalue weighted by Crippen LogP contribution is -2.48. The molecular formula is C48H56Cl2N4O5. The second-order valence-electron chi connectivity index (χ2n) is 15.0. The summed E-state index contributed by atoms with van der Waals surface area (Å²) in [7, 11) is 0. The summed E-state index contributed by atoms with van der Waals surface area (Å²) in [6, 6.07) is 44.1. The van der Waals surface area contributed by atoms with Crippen molar-refractivity contribution in [2.45, 2.75) is 44.2 Å². The van der Waals surface area contributed by atoms with Crippen molar-refractivity contribution >= 4 is 34.6 Å². The van der Waals surface area contributed by atoms with Crippen LogP contribution in [0, 0.1) is 0 Å². The van der Waals surface area contributed by atoms with Crippen LogP contribution in [0.3, 0.4) is 0 Å².